The first-order valence-corrected chi connectivity index (χ1v) is 4.77. The molecule has 0 spiro atoms. The number of benzene rings is 1. The number of rotatable bonds is 4. The van der Waals surface area contributed by atoms with Gasteiger partial charge in [-0.05, 0) is 24.1 Å². The molecule has 0 heterocycles. The number of halogens is 1. The van der Waals surface area contributed by atoms with Crippen LogP contribution in [-0.2, 0) is 9.53 Å². The second-order valence-electron chi connectivity index (χ2n) is 3.12. The summed E-state index contributed by atoms with van der Waals surface area (Å²) < 4.78 is 17.5. The van der Waals surface area contributed by atoms with E-state index in [1.54, 1.807) is 0 Å². The van der Waals surface area contributed by atoms with Crippen molar-refractivity contribution < 1.29 is 13.9 Å². The van der Waals surface area contributed by atoms with Crippen molar-refractivity contribution in [1.82, 2.24) is 0 Å². The largest absolute Gasteiger partial charge is 0.462 e. The van der Waals surface area contributed by atoms with Crippen LogP contribution in [0.3, 0.4) is 0 Å². The minimum Gasteiger partial charge on any atom is -0.462 e. The molecule has 0 saturated carbocycles. The topological polar surface area (TPSA) is 26.3 Å². The summed E-state index contributed by atoms with van der Waals surface area (Å²) in [5, 5.41) is 0. The standard InChI is InChI=1S/C12H13FO2/c1-3-8-15-12(14)9(2)10-4-6-11(13)7-5-10/h4-7H,2-3,8H2,1H3. The first kappa shape index (κ1) is 11.4. The third-order valence-corrected chi connectivity index (χ3v) is 1.88. The molecule has 3 heteroatoms. The Hall–Kier alpha value is -1.64. The van der Waals surface area contributed by atoms with E-state index in [0.29, 0.717) is 12.2 Å². The molecule has 0 radical (unpaired) electrons. The average molecular weight is 208 g/mol. The molecule has 0 aromatic heterocycles. The molecule has 0 unspecified atom stereocenters. The van der Waals surface area contributed by atoms with E-state index in [-0.39, 0.29) is 11.4 Å². The highest BCUT2D eigenvalue weighted by Crippen LogP contribution is 2.14. The smallest absolute Gasteiger partial charge is 0.338 e. The van der Waals surface area contributed by atoms with Crippen molar-refractivity contribution in [3.63, 3.8) is 0 Å². The molecule has 0 fully saturated rings. The fraction of sp³-hybridized carbons (Fsp3) is 0.250. The van der Waals surface area contributed by atoms with Gasteiger partial charge in [0.2, 0.25) is 0 Å². The molecule has 1 aromatic carbocycles. The van der Waals surface area contributed by atoms with Crippen LogP contribution in [0.25, 0.3) is 5.57 Å². The molecule has 0 bridgehead atoms. The number of carbonyl (C=O) groups excluding carboxylic acids is 1. The van der Waals surface area contributed by atoms with E-state index in [9.17, 15) is 9.18 Å². The Morgan fingerprint density at radius 3 is 2.53 bits per heavy atom. The molecule has 1 rings (SSSR count). The van der Waals surface area contributed by atoms with Gasteiger partial charge in [-0.2, -0.15) is 0 Å². The molecule has 15 heavy (non-hydrogen) atoms. The van der Waals surface area contributed by atoms with Crippen molar-refractivity contribution >= 4 is 11.5 Å². The third-order valence-electron chi connectivity index (χ3n) is 1.88. The van der Waals surface area contributed by atoms with Crippen molar-refractivity contribution in [3.05, 3.63) is 42.2 Å². The van der Waals surface area contributed by atoms with Crippen LogP contribution in [-0.4, -0.2) is 12.6 Å². The van der Waals surface area contributed by atoms with Crippen molar-refractivity contribution in [2.45, 2.75) is 13.3 Å². The first-order valence-electron chi connectivity index (χ1n) is 4.77. The van der Waals surface area contributed by atoms with E-state index in [2.05, 4.69) is 6.58 Å². The minimum absolute atomic E-state index is 0.253. The van der Waals surface area contributed by atoms with E-state index >= 15 is 0 Å². The first-order chi connectivity index (χ1) is 7.15. The van der Waals surface area contributed by atoms with Crippen LogP contribution in [0.1, 0.15) is 18.9 Å². The second kappa shape index (κ2) is 5.29. The summed E-state index contributed by atoms with van der Waals surface area (Å²) in [7, 11) is 0. The molecule has 80 valence electrons. The van der Waals surface area contributed by atoms with E-state index in [0.717, 1.165) is 6.42 Å². The predicted molar refractivity (Wildman–Crippen MR) is 56.7 cm³/mol. The SMILES string of the molecule is C=C(C(=O)OCCC)c1ccc(F)cc1. The summed E-state index contributed by atoms with van der Waals surface area (Å²) in [6, 6.07) is 5.58. The van der Waals surface area contributed by atoms with Gasteiger partial charge in [-0.1, -0.05) is 25.6 Å². The molecule has 2 nitrogen and oxygen atoms in total. The molecule has 0 amide bonds. The fourth-order valence-corrected chi connectivity index (χ4v) is 1.05. The lowest BCUT2D eigenvalue weighted by Crippen LogP contribution is -2.06. The maximum atomic E-state index is 12.6. The lowest BCUT2D eigenvalue weighted by Gasteiger charge is -2.05. The fourth-order valence-electron chi connectivity index (χ4n) is 1.05. The van der Waals surface area contributed by atoms with Gasteiger partial charge >= 0.3 is 5.97 Å². The number of hydrogen-bond acceptors (Lipinski definition) is 2. The zero-order valence-electron chi connectivity index (χ0n) is 8.63. The van der Waals surface area contributed by atoms with E-state index in [4.69, 9.17) is 4.74 Å². The maximum absolute atomic E-state index is 12.6. The van der Waals surface area contributed by atoms with Gasteiger partial charge in [0.05, 0.1) is 12.2 Å². The normalized spacial score (nSPS) is 9.73. The zero-order valence-corrected chi connectivity index (χ0v) is 8.63. The molecule has 0 saturated heterocycles. The number of hydrogen-bond donors (Lipinski definition) is 0. The summed E-state index contributed by atoms with van der Waals surface area (Å²) in [5.74, 6) is -0.795. The van der Waals surface area contributed by atoms with Crippen LogP contribution in [0.2, 0.25) is 0 Å². The Morgan fingerprint density at radius 1 is 1.40 bits per heavy atom. The van der Waals surface area contributed by atoms with Crippen molar-refractivity contribution in [2.75, 3.05) is 6.61 Å². The summed E-state index contributed by atoms with van der Waals surface area (Å²) in [5.41, 5.74) is 0.834. The van der Waals surface area contributed by atoms with Crippen LogP contribution in [0, 0.1) is 5.82 Å². The summed E-state index contributed by atoms with van der Waals surface area (Å²) in [4.78, 5) is 11.4. The molecule has 0 aliphatic heterocycles. The third kappa shape index (κ3) is 3.20. The lowest BCUT2D eigenvalue weighted by atomic mass is 10.1. The molecular formula is C12H13FO2. The van der Waals surface area contributed by atoms with Crippen LogP contribution in [0.4, 0.5) is 4.39 Å². The van der Waals surface area contributed by atoms with Crippen LogP contribution >= 0.6 is 0 Å². The van der Waals surface area contributed by atoms with Gasteiger partial charge in [-0.15, -0.1) is 0 Å². The summed E-state index contributed by atoms with van der Waals surface area (Å²) in [6.45, 7) is 5.90. The number of ether oxygens (including phenoxy) is 1. The highest BCUT2D eigenvalue weighted by atomic mass is 19.1. The van der Waals surface area contributed by atoms with Gasteiger partial charge < -0.3 is 4.74 Å². The van der Waals surface area contributed by atoms with Crippen LogP contribution in [0.15, 0.2) is 30.8 Å². The van der Waals surface area contributed by atoms with Crippen molar-refractivity contribution in [3.8, 4) is 0 Å². The van der Waals surface area contributed by atoms with Crippen LogP contribution < -0.4 is 0 Å². The van der Waals surface area contributed by atoms with Gasteiger partial charge in [0, 0.05) is 0 Å². The van der Waals surface area contributed by atoms with Crippen molar-refractivity contribution in [1.29, 1.82) is 0 Å². The number of carbonyl (C=O) groups is 1. The molecule has 0 aliphatic carbocycles. The Morgan fingerprint density at radius 2 is 2.00 bits per heavy atom. The van der Waals surface area contributed by atoms with Crippen LogP contribution in [0.5, 0.6) is 0 Å². The summed E-state index contributed by atoms with van der Waals surface area (Å²) >= 11 is 0. The Bertz CT molecular complexity index is 354. The summed E-state index contributed by atoms with van der Waals surface area (Å²) in [6.07, 6.45) is 0.766. The Labute approximate surface area is 88.4 Å². The monoisotopic (exact) mass is 208 g/mol. The molecular weight excluding hydrogens is 195 g/mol. The molecule has 0 atom stereocenters. The van der Waals surface area contributed by atoms with E-state index < -0.39 is 5.97 Å². The zero-order chi connectivity index (χ0) is 11.3. The lowest BCUT2D eigenvalue weighted by molar-refractivity contribution is -0.136. The number of esters is 1. The average Bonchev–Trinajstić information content (AvgIpc) is 2.26. The highest BCUT2D eigenvalue weighted by molar-refractivity contribution is 6.15. The molecule has 1 aromatic rings. The van der Waals surface area contributed by atoms with E-state index in [1.165, 1.54) is 24.3 Å². The molecule has 0 N–H and O–H groups in total. The van der Waals surface area contributed by atoms with Gasteiger partial charge in [0.1, 0.15) is 5.82 Å². The van der Waals surface area contributed by atoms with Crippen molar-refractivity contribution in [2.24, 2.45) is 0 Å². The van der Waals surface area contributed by atoms with E-state index in [1.807, 2.05) is 6.92 Å². The highest BCUT2D eigenvalue weighted by Gasteiger charge is 2.10. The minimum atomic E-state index is -0.455. The second-order valence-corrected chi connectivity index (χ2v) is 3.12. The Balaban J connectivity index is 2.68. The van der Waals surface area contributed by atoms with Gasteiger partial charge in [0.25, 0.3) is 0 Å². The predicted octanol–water partition coefficient (Wildman–Crippen LogP) is 2.79. The Kier molecular flexibility index (Phi) is 4.03. The molecule has 0 aliphatic rings. The quantitative estimate of drug-likeness (QED) is 0.561. The van der Waals surface area contributed by atoms with Gasteiger partial charge in [-0.25, -0.2) is 9.18 Å². The maximum Gasteiger partial charge on any atom is 0.338 e. The van der Waals surface area contributed by atoms with Gasteiger partial charge in [0.15, 0.2) is 0 Å². The van der Waals surface area contributed by atoms with Gasteiger partial charge in [-0.3, -0.25) is 0 Å².